The fourth-order valence-electron chi connectivity index (χ4n) is 1.61. The monoisotopic (exact) mass is 285 g/mol. The van der Waals surface area contributed by atoms with Crippen molar-refractivity contribution in [1.82, 2.24) is 5.32 Å². The second-order valence-corrected chi connectivity index (χ2v) is 4.11. The van der Waals surface area contributed by atoms with Gasteiger partial charge in [-0.2, -0.15) is 0 Å². The van der Waals surface area contributed by atoms with Crippen LogP contribution in [0.25, 0.3) is 0 Å². The smallest absolute Gasteiger partial charge is 0.365 e. The molecule has 0 fully saturated rings. The number of aromatic hydroxyl groups is 1. The zero-order valence-electron chi connectivity index (χ0n) is 10.8. The van der Waals surface area contributed by atoms with E-state index in [1.54, 1.807) is 5.32 Å². The molecular weight excluding hydrogens is 270 g/mol. The molecule has 0 radical (unpaired) electrons. The quantitative estimate of drug-likeness (QED) is 0.336. The van der Waals surface area contributed by atoms with Crippen LogP contribution in [0.5, 0.6) is 5.75 Å². The van der Waals surface area contributed by atoms with E-state index in [2.05, 4.69) is 4.74 Å². The van der Waals surface area contributed by atoms with Crippen LogP contribution in [0.15, 0.2) is 24.3 Å². The van der Waals surface area contributed by atoms with E-state index >= 15 is 0 Å². The third-order valence-corrected chi connectivity index (χ3v) is 2.59. The van der Waals surface area contributed by atoms with Gasteiger partial charge in [0.1, 0.15) is 5.75 Å². The van der Waals surface area contributed by atoms with Crippen molar-refractivity contribution in [3.05, 3.63) is 29.8 Å². The van der Waals surface area contributed by atoms with Crippen LogP contribution in [0.3, 0.4) is 0 Å². The van der Waals surface area contributed by atoms with Gasteiger partial charge in [0.25, 0.3) is 11.5 Å². The van der Waals surface area contributed by atoms with Crippen molar-refractivity contribution >= 4 is 11.9 Å². The van der Waals surface area contributed by atoms with Gasteiger partial charge in [-0.05, 0) is 12.1 Å². The van der Waals surface area contributed by atoms with Gasteiger partial charge in [-0.15, -0.1) is 0 Å². The van der Waals surface area contributed by atoms with Gasteiger partial charge < -0.3 is 30.5 Å². The second-order valence-electron chi connectivity index (χ2n) is 4.11. The Morgan fingerprint density at radius 2 is 1.85 bits per heavy atom. The van der Waals surface area contributed by atoms with Gasteiger partial charge in [0.2, 0.25) is 5.91 Å². The highest BCUT2D eigenvalue weighted by molar-refractivity contribution is 5.86. The Morgan fingerprint density at radius 1 is 1.25 bits per heavy atom. The number of phenols is 1. The van der Waals surface area contributed by atoms with E-state index in [0.717, 1.165) is 26.2 Å². The van der Waals surface area contributed by atoms with Crippen molar-refractivity contribution in [2.24, 2.45) is 0 Å². The topological polar surface area (TPSA) is 136 Å². The fourth-order valence-corrected chi connectivity index (χ4v) is 1.61. The van der Waals surface area contributed by atoms with Crippen LogP contribution in [0.1, 0.15) is 12.5 Å². The van der Waals surface area contributed by atoms with E-state index in [1.807, 2.05) is 0 Å². The van der Waals surface area contributed by atoms with Crippen molar-refractivity contribution in [3.8, 4) is 5.75 Å². The maximum absolute atomic E-state index is 11.6. The third kappa shape index (κ3) is 2.72. The molecule has 0 saturated carbocycles. The zero-order valence-corrected chi connectivity index (χ0v) is 10.8. The molecule has 0 aliphatic rings. The molecule has 1 atom stereocenters. The molecule has 8 nitrogen and oxygen atoms in total. The maximum atomic E-state index is 11.6. The van der Waals surface area contributed by atoms with Crippen LogP contribution in [0.2, 0.25) is 0 Å². The van der Waals surface area contributed by atoms with Crippen LogP contribution in [-0.2, 0) is 20.1 Å². The highest BCUT2D eigenvalue weighted by Crippen LogP contribution is 2.31. The van der Waals surface area contributed by atoms with Crippen molar-refractivity contribution < 1.29 is 34.8 Å². The number of esters is 1. The number of amides is 1. The average molecular weight is 285 g/mol. The molecule has 110 valence electrons. The Labute approximate surface area is 114 Å². The summed E-state index contributed by atoms with van der Waals surface area (Å²) in [5.41, 5.74) is -3.55. The largest absolute Gasteiger partial charge is 0.508 e. The summed E-state index contributed by atoms with van der Waals surface area (Å²) in [6.45, 7) is 0.965. The molecule has 0 aromatic heterocycles. The number of rotatable bonds is 4. The third-order valence-electron chi connectivity index (χ3n) is 2.59. The van der Waals surface area contributed by atoms with Crippen molar-refractivity contribution in [3.63, 3.8) is 0 Å². The van der Waals surface area contributed by atoms with E-state index in [0.29, 0.717) is 0 Å². The molecular formula is C12H15NO7. The van der Waals surface area contributed by atoms with Gasteiger partial charge in [0.05, 0.1) is 7.11 Å². The Bertz CT molecular complexity index is 528. The van der Waals surface area contributed by atoms with Crippen LogP contribution in [0, 0.1) is 0 Å². The lowest BCUT2D eigenvalue weighted by Crippen LogP contribution is -2.67. The van der Waals surface area contributed by atoms with E-state index in [1.165, 1.54) is 12.1 Å². The Kier molecular flexibility index (Phi) is 4.33. The molecule has 8 heteroatoms. The van der Waals surface area contributed by atoms with Crippen molar-refractivity contribution in [1.29, 1.82) is 0 Å². The lowest BCUT2D eigenvalue weighted by molar-refractivity contribution is -0.290. The summed E-state index contributed by atoms with van der Waals surface area (Å²) in [4.78, 5) is 22.7. The molecule has 0 bridgehead atoms. The van der Waals surface area contributed by atoms with Crippen LogP contribution < -0.4 is 5.32 Å². The fraction of sp³-hybridized carbons (Fsp3) is 0.333. The number of methoxy groups -OCH3 is 1. The predicted molar refractivity (Wildman–Crippen MR) is 65.0 cm³/mol. The molecule has 0 saturated heterocycles. The number of hydrogen-bond donors (Lipinski definition) is 5. The summed E-state index contributed by atoms with van der Waals surface area (Å²) >= 11 is 0. The van der Waals surface area contributed by atoms with Crippen LogP contribution >= 0.6 is 0 Å². The minimum atomic E-state index is -3.22. The van der Waals surface area contributed by atoms with Gasteiger partial charge in [0.15, 0.2) is 0 Å². The molecule has 0 aliphatic heterocycles. The van der Waals surface area contributed by atoms with Crippen LogP contribution in [0.4, 0.5) is 0 Å². The number of benzene rings is 1. The Hall–Kier alpha value is -2.16. The number of ether oxygens (including phenoxy) is 1. The number of phenolic OH excluding ortho intramolecular Hbond substituents is 1. The van der Waals surface area contributed by atoms with Gasteiger partial charge in [-0.1, -0.05) is 12.1 Å². The van der Waals surface area contributed by atoms with Crippen LogP contribution in [-0.4, -0.2) is 45.1 Å². The molecule has 5 N–H and O–H groups in total. The predicted octanol–water partition coefficient (Wildman–Crippen LogP) is -1.47. The molecule has 1 amide bonds. The highest BCUT2D eigenvalue weighted by Gasteiger charge is 2.58. The molecule has 0 heterocycles. The zero-order chi connectivity index (χ0) is 15.6. The number of carbonyl (C=O) groups is 2. The lowest BCUT2D eigenvalue weighted by atomic mass is 9.94. The molecule has 1 aromatic rings. The summed E-state index contributed by atoms with van der Waals surface area (Å²) in [6.07, 6.45) is 0. The Morgan fingerprint density at radius 3 is 2.30 bits per heavy atom. The summed E-state index contributed by atoms with van der Waals surface area (Å²) in [7, 11) is 0.896. The molecule has 1 rings (SSSR count). The number of nitrogens with one attached hydrogen (secondary N) is 1. The van der Waals surface area contributed by atoms with Gasteiger partial charge in [-0.3, -0.25) is 4.79 Å². The average Bonchev–Trinajstić information content (AvgIpc) is 2.36. The number of carbonyl (C=O) groups excluding carboxylic acids is 2. The first kappa shape index (κ1) is 15.9. The van der Waals surface area contributed by atoms with Gasteiger partial charge in [-0.25, -0.2) is 4.79 Å². The van der Waals surface area contributed by atoms with Gasteiger partial charge in [0, 0.05) is 12.5 Å². The van der Waals surface area contributed by atoms with Gasteiger partial charge >= 0.3 is 5.97 Å². The lowest BCUT2D eigenvalue weighted by Gasteiger charge is -2.37. The highest BCUT2D eigenvalue weighted by atomic mass is 16.6. The molecule has 1 aromatic carbocycles. The first-order chi connectivity index (χ1) is 9.15. The second kappa shape index (κ2) is 5.45. The summed E-state index contributed by atoms with van der Waals surface area (Å²) in [6, 6.07) is 4.55. The molecule has 1 unspecified atom stereocenters. The summed E-state index contributed by atoms with van der Waals surface area (Å²) in [5.74, 6) is -5.93. The van der Waals surface area contributed by atoms with Crippen molar-refractivity contribution in [2.75, 3.05) is 7.11 Å². The number of hydrogen-bond acceptors (Lipinski definition) is 7. The number of aliphatic hydroxyl groups is 3. The minimum absolute atomic E-state index is 0.329. The van der Waals surface area contributed by atoms with Crippen molar-refractivity contribution in [2.45, 2.75) is 18.4 Å². The standard InChI is InChI=1S/C12H15NO7/c1-7(14)13-11(17,10(16)20-2)12(18,19)8-4-3-5-9(15)6-8/h3-6,15,17-19H,1-2H3,(H,13,14). The first-order valence-electron chi connectivity index (χ1n) is 5.49. The van der Waals surface area contributed by atoms with E-state index in [4.69, 9.17) is 0 Å². The van der Waals surface area contributed by atoms with E-state index in [-0.39, 0.29) is 5.75 Å². The normalized spacial score (nSPS) is 14.2. The summed E-state index contributed by atoms with van der Waals surface area (Å²) < 4.78 is 4.27. The first-order valence-corrected chi connectivity index (χ1v) is 5.49. The SMILES string of the molecule is COC(=O)C(O)(NC(C)=O)C(O)(O)c1cccc(O)c1. The van der Waals surface area contributed by atoms with E-state index in [9.17, 15) is 30.0 Å². The minimum Gasteiger partial charge on any atom is -0.508 e. The van der Waals surface area contributed by atoms with E-state index < -0.39 is 29.0 Å². The molecule has 0 aliphatic carbocycles. The molecule has 0 spiro atoms. The maximum Gasteiger partial charge on any atom is 0.365 e. The Balaban J connectivity index is 3.37. The summed E-state index contributed by atoms with van der Waals surface area (Å²) in [5, 5.41) is 41.3. The molecule has 20 heavy (non-hydrogen) atoms.